The van der Waals surface area contributed by atoms with Crippen molar-refractivity contribution < 1.29 is 9.90 Å². The summed E-state index contributed by atoms with van der Waals surface area (Å²) in [5, 5.41) is 9.14. The van der Waals surface area contributed by atoms with Gasteiger partial charge in [0.25, 0.3) is 0 Å². The van der Waals surface area contributed by atoms with Crippen LogP contribution in [0.25, 0.3) is 0 Å². The van der Waals surface area contributed by atoms with E-state index in [4.69, 9.17) is 5.11 Å². The number of nitrogens with zero attached hydrogens (tertiary/aromatic N) is 3. The van der Waals surface area contributed by atoms with Crippen molar-refractivity contribution in [2.45, 2.75) is 13.5 Å². The third-order valence-corrected chi connectivity index (χ3v) is 2.72. The highest BCUT2D eigenvalue weighted by molar-refractivity contribution is 5.93. The van der Waals surface area contributed by atoms with Gasteiger partial charge in [-0.3, -0.25) is 4.98 Å². The predicted octanol–water partition coefficient (Wildman–Crippen LogP) is 2.12. The maximum atomic E-state index is 11.2. The minimum absolute atomic E-state index is 0.192. The van der Waals surface area contributed by atoms with Gasteiger partial charge in [0.05, 0.1) is 12.2 Å². The molecule has 0 atom stereocenters. The molecule has 0 aliphatic heterocycles. The van der Waals surface area contributed by atoms with Gasteiger partial charge < -0.3 is 10.0 Å². The SMILES string of the molecule is Cc1cccc(CN(C)c2ncccc2C(=O)O)n1. The molecule has 2 rings (SSSR count). The quantitative estimate of drug-likeness (QED) is 0.908. The Hall–Kier alpha value is -2.43. The van der Waals surface area contributed by atoms with Gasteiger partial charge in [-0.1, -0.05) is 6.07 Å². The number of aryl methyl sites for hydroxylation is 1. The van der Waals surface area contributed by atoms with E-state index in [0.717, 1.165) is 11.4 Å². The van der Waals surface area contributed by atoms with Crippen molar-refractivity contribution in [3.05, 3.63) is 53.5 Å². The molecule has 2 aromatic rings. The third kappa shape index (κ3) is 3.07. The Morgan fingerprint density at radius 2 is 2.11 bits per heavy atom. The van der Waals surface area contributed by atoms with E-state index in [-0.39, 0.29) is 5.56 Å². The van der Waals surface area contributed by atoms with Crippen LogP contribution in [0.1, 0.15) is 21.7 Å². The first kappa shape index (κ1) is 13.0. The molecule has 19 heavy (non-hydrogen) atoms. The fraction of sp³-hybridized carbons (Fsp3) is 0.214. The first-order chi connectivity index (χ1) is 9.08. The van der Waals surface area contributed by atoms with Crippen molar-refractivity contribution in [2.24, 2.45) is 0 Å². The lowest BCUT2D eigenvalue weighted by Crippen LogP contribution is -2.21. The van der Waals surface area contributed by atoms with E-state index in [2.05, 4.69) is 9.97 Å². The molecule has 0 saturated heterocycles. The van der Waals surface area contributed by atoms with E-state index in [1.54, 1.807) is 30.3 Å². The molecule has 0 aliphatic carbocycles. The second-order valence-electron chi connectivity index (χ2n) is 4.31. The van der Waals surface area contributed by atoms with Crippen LogP contribution in [0, 0.1) is 6.92 Å². The molecule has 5 heteroatoms. The number of hydrogen-bond acceptors (Lipinski definition) is 4. The second kappa shape index (κ2) is 5.48. The summed E-state index contributed by atoms with van der Waals surface area (Å²) in [6.07, 6.45) is 1.59. The number of hydrogen-bond donors (Lipinski definition) is 1. The number of carbonyl (C=O) groups is 1. The predicted molar refractivity (Wildman–Crippen MR) is 72.3 cm³/mol. The number of aromatic nitrogens is 2. The summed E-state index contributed by atoms with van der Waals surface area (Å²) in [4.78, 5) is 21.5. The van der Waals surface area contributed by atoms with Crippen LogP contribution in [0.2, 0.25) is 0 Å². The molecule has 0 radical (unpaired) electrons. The van der Waals surface area contributed by atoms with Crippen molar-refractivity contribution >= 4 is 11.8 Å². The zero-order chi connectivity index (χ0) is 13.8. The van der Waals surface area contributed by atoms with E-state index in [0.29, 0.717) is 12.4 Å². The molecule has 98 valence electrons. The zero-order valence-corrected chi connectivity index (χ0v) is 10.9. The van der Waals surface area contributed by atoms with Crippen molar-refractivity contribution in [2.75, 3.05) is 11.9 Å². The lowest BCUT2D eigenvalue weighted by molar-refractivity contribution is 0.0697. The van der Waals surface area contributed by atoms with Crippen LogP contribution < -0.4 is 4.90 Å². The van der Waals surface area contributed by atoms with Crippen LogP contribution >= 0.6 is 0 Å². The minimum atomic E-state index is -0.979. The van der Waals surface area contributed by atoms with Crippen molar-refractivity contribution in [1.29, 1.82) is 0 Å². The topological polar surface area (TPSA) is 66.3 Å². The smallest absolute Gasteiger partial charge is 0.339 e. The number of carboxylic acids is 1. The van der Waals surface area contributed by atoms with E-state index >= 15 is 0 Å². The summed E-state index contributed by atoms with van der Waals surface area (Å²) in [6, 6.07) is 8.93. The average Bonchev–Trinajstić information content (AvgIpc) is 2.38. The Labute approximate surface area is 111 Å². The monoisotopic (exact) mass is 257 g/mol. The van der Waals surface area contributed by atoms with Crippen LogP contribution in [0.5, 0.6) is 0 Å². The normalized spacial score (nSPS) is 10.2. The van der Waals surface area contributed by atoms with Gasteiger partial charge in [0, 0.05) is 18.9 Å². The highest BCUT2D eigenvalue weighted by atomic mass is 16.4. The van der Waals surface area contributed by atoms with Gasteiger partial charge in [0.1, 0.15) is 11.4 Å². The third-order valence-electron chi connectivity index (χ3n) is 2.72. The molecule has 0 bridgehead atoms. The van der Waals surface area contributed by atoms with Gasteiger partial charge in [-0.15, -0.1) is 0 Å². The number of pyridine rings is 2. The molecular weight excluding hydrogens is 242 g/mol. The number of anilines is 1. The van der Waals surface area contributed by atoms with Crippen LogP contribution in [0.4, 0.5) is 5.82 Å². The summed E-state index contributed by atoms with van der Waals surface area (Å²) < 4.78 is 0. The molecule has 2 aromatic heterocycles. The molecule has 1 N–H and O–H groups in total. The van der Waals surface area contributed by atoms with Crippen molar-refractivity contribution in [3.63, 3.8) is 0 Å². The molecule has 0 fully saturated rings. The standard InChI is InChI=1S/C14H15N3O2/c1-10-5-3-6-11(16-10)9-17(2)13-12(14(18)19)7-4-8-15-13/h3-8H,9H2,1-2H3,(H,18,19). The van der Waals surface area contributed by atoms with E-state index in [9.17, 15) is 4.79 Å². The molecular formula is C14H15N3O2. The van der Waals surface area contributed by atoms with Gasteiger partial charge in [-0.05, 0) is 31.2 Å². The second-order valence-corrected chi connectivity index (χ2v) is 4.31. The summed E-state index contributed by atoms with van der Waals surface area (Å²) in [5.41, 5.74) is 2.01. The Morgan fingerprint density at radius 3 is 2.79 bits per heavy atom. The largest absolute Gasteiger partial charge is 0.478 e. The number of rotatable bonds is 4. The molecule has 0 amide bonds. The molecule has 0 unspecified atom stereocenters. The van der Waals surface area contributed by atoms with E-state index in [1.807, 2.05) is 25.1 Å². The molecule has 0 saturated carbocycles. The summed E-state index contributed by atoms with van der Waals surface area (Å²) >= 11 is 0. The molecule has 0 aliphatic rings. The molecule has 2 heterocycles. The number of carboxylic acid groups (broad SMARTS) is 1. The summed E-state index contributed by atoms with van der Waals surface area (Å²) in [5.74, 6) is -0.537. The molecule has 0 spiro atoms. The first-order valence-corrected chi connectivity index (χ1v) is 5.90. The Bertz CT molecular complexity index is 599. The van der Waals surface area contributed by atoms with Crippen molar-refractivity contribution in [1.82, 2.24) is 9.97 Å². The van der Waals surface area contributed by atoms with Gasteiger partial charge in [-0.25, -0.2) is 9.78 Å². The lowest BCUT2D eigenvalue weighted by Gasteiger charge is -2.19. The molecule has 0 aromatic carbocycles. The van der Waals surface area contributed by atoms with Crippen LogP contribution in [0.3, 0.4) is 0 Å². The minimum Gasteiger partial charge on any atom is -0.478 e. The van der Waals surface area contributed by atoms with Crippen LogP contribution in [-0.2, 0) is 6.54 Å². The van der Waals surface area contributed by atoms with Gasteiger partial charge in [0.15, 0.2) is 0 Å². The van der Waals surface area contributed by atoms with Crippen LogP contribution in [0.15, 0.2) is 36.5 Å². The summed E-state index contributed by atoms with van der Waals surface area (Å²) in [7, 11) is 1.80. The van der Waals surface area contributed by atoms with Gasteiger partial charge in [0.2, 0.25) is 0 Å². The average molecular weight is 257 g/mol. The maximum Gasteiger partial charge on any atom is 0.339 e. The lowest BCUT2D eigenvalue weighted by atomic mass is 10.2. The zero-order valence-electron chi connectivity index (χ0n) is 10.9. The van der Waals surface area contributed by atoms with Crippen LogP contribution in [-0.4, -0.2) is 28.1 Å². The fourth-order valence-electron chi connectivity index (χ4n) is 1.87. The molecule has 5 nitrogen and oxygen atoms in total. The van der Waals surface area contributed by atoms with Gasteiger partial charge in [-0.2, -0.15) is 0 Å². The summed E-state index contributed by atoms with van der Waals surface area (Å²) in [6.45, 7) is 2.44. The Balaban J connectivity index is 2.25. The van der Waals surface area contributed by atoms with E-state index in [1.165, 1.54) is 0 Å². The highest BCUT2D eigenvalue weighted by Crippen LogP contribution is 2.17. The van der Waals surface area contributed by atoms with Gasteiger partial charge >= 0.3 is 5.97 Å². The highest BCUT2D eigenvalue weighted by Gasteiger charge is 2.14. The Morgan fingerprint density at radius 1 is 1.32 bits per heavy atom. The maximum absolute atomic E-state index is 11.2. The van der Waals surface area contributed by atoms with E-state index < -0.39 is 5.97 Å². The Kier molecular flexibility index (Phi) is 3.75. The number of aromatic carboxylic acids is 1. The fourth-order valence-corrected chi connectivity index (χ4v) is 1.87. The van der Waals surface area contributed by atoms with Crippen molar-refractivity contribution in [3.8, 4) is 0 Å². The first-order valence-electron chi connectivity index (χ1n) is 5.90.